The summed E-state index contributed by atoms with van der Waals surface area (Å²) in [6, 6.07) is 83.5. The Morgan fingerprint density at radius 1 is 0.344 bits per heavy atom. The van der Waals surface area contributed by atoms with Crippen LogP contribution in [-0.2, 0) is 5.41 Å². The highest BCUT2D eigenvalue weighted by atomic mass is 32.1. The van der Waals surface area contributed by atoms with Crippen LogP contribution in [-0.4, -0.2) is 0 Å². The van der Waals surface area contributed by atoms with Gasteiger partial charge in [-0.2, -0.15) is 0 Å². The van der Waals surface area contributed by atoms with E-state index in [0.717, 1.165) is 5.69 Å². The maximum absolute atomic E-state index is 2.55. The fraction of sp³-hybridized carbons (Fsp3) is 0.0169. The Balaban J connectivity index is 1.08. The van der Waals surface area contributed by atoms with Crippen molar-refractivity contribution in [1.29, 1.82) is 0 Å². The van der Waals surface area contributed by atoms with Crippen molar-refractivity contribution in [3.05, 3.63) is 247 Å². The van der Waals surface area contributed by atoms with Crippen LogP contribution >= 0.6 is 11.3 Å². The van der Waals surface area contributed by atoms with Crippen molar-refractivity contribution in [3.63, 3.8) is 0 Å². The molecule has 11 aromatic rings. The molecule has 0 N–H and O–H groups in total. The first-order valence-electron chi connectivity index (χ1n) is 21.1. The van der Waals surface area contributed by atoms with Gasteiger partial charge in [-0.25, -0.2) is 0 Å². The molecule has 284 valence electrons. The molecule has 13 rings (SSSR count). The molecule has 1 nitrogen and oxygen atoms in total. The molecule has 61 heavy (non-hydrogen) atoms. The standard InChI is InChI=1S/C59H37NS/c1-2-15-38(16-3-1)41-33-36-56-49(37-41)47-24-13-30-55(58(47)61-56)60(42-34-31-40(32-35-42)44-23-12-18-39-17-4-5-19-43(39)44)54-29-14-28-53-57(54)48-22-8-11-27-52(48)59(53)50-25-9-6-20-45(50)46-21-7-10-26-51(46)59/h1-37H. The second-order valence-electron chi connectivity index (χ2n) is 16.3. The van der Waals surface area contributed by atoms with Crippen molar-refractivity contribution >= 4 is 59.3 Å². The van der Waals surface area contributed by atoms with Gasteiger partial charge in [-0.05, 0) is 108 Å². The number of thiophene rings is 1. The van der Waals surface area contributed by atoms with Crippen LogP contribution in [0, 0.1) is 0 Å². The molecule has 1 spiro atoms. The number of fused-ring (bicyclic) bond motifs is 14. The van der Waals surface area contributed by atoms with Gasteiger partial charge < -0.3 is 4.90 Å². The molecule has 0 atom stereocenters. The van der Waals surface area contributed by atoms with Crippen LogP contribution < -0.4 is 4.90 Å². The number of rotatable bonds is 5. The Bertz CT molecular complexity index is 3490. The molecule has 2 aliphatic rings. The fourth-order valence-electron chi connectivity index (χ4n) is 10.8. The van der Waals surface area contributed by atoms with Crippen LogP contribution in [0.3, 0.4) is 0 Å². The van der Waals surface area contributed by atoms with E-state index < -0.39 is 5.41 Å². The summed E-state index contributed by atoms with van der Waals surface area (Å²) in [6.07, 6.45) is 0. The zero-order valence-corrected chi connectivity index (χ0v) is 34.0. The minimum Gasteiger partial charge on any atom is -0.308 e. The van der Waals surface area contributed by atoms with Gasteiger partial charge in [-0.3, -0.25) is 0 Å². The molecule has 1 aromatic heterocycles. The van der Waals surface area contributed by atoms with Crippen molar-refractivity contribution in [2.24, 2.45) is 0 Å². The smallest absolute Gasteiger partial charge is 0.0726 e. The number of hydrogen-bond acceptors (Lipinski definition) is 2. The molecule has 0 unspecified atom stereocenters. The number of anilines is 3. The van der Waals surface area contributed by atoms with E-state index in [4.69, 9.17) is 0 Å². The fourth-order valence-corrected chi connectivity index (χ4v) is 11.9. The van der Waals surface area contributed by atoms with E-state index in [1.165, 1.54) is 109 Å². The van der Waals surface area contributed by atoms with E-state index >= 15 is 0 Å². The summed E-state index contributed by atoms with van der Waals surface area (Å²) in [6.45, 7) is 0. The largest absolute Gasteiger partial charge is 0.308 e. The predicted molar refractivity (Wildman–Crippen MR) is 259 cm³/mol. The highest BCUT2D eigenvalue weighted by molar-refractivity contribution is 7.26. The van der Waals surface area contributed by atoms with Gasteiger partial charge in [-0.15, -0.1) is 11.3 Å². The minimum absolute atomic E-state index is 0.434. The van der Waals surface area contributed by atoms with Crippen molar-refractivity contribution < 1.29 is 0 Å². The minimum atomic E-state index is -0.434. The summed E-state index contributed by atoms with van der Waals surface area (Å²) in [5.41, 5.74) is 18.5. The molecule has 1 heterocycles. The van der Waals surface area contributed by atoms with Crippen molar-refractivity contribution in [2.45, 2.75) is 5.41 Å². The molecule has 0 amide bonds. The Morgan fingerprint density at radius 2 is 0.902 bits per heavy atom. The van der Waals surface area contributed by atoms with E-state index in [1.807, 2.05) is 11.3 Å². The lowest BCUT2D eigenvalue weighted by molar-refractivity contribution is 0.794. The first-order valence-corrected chi connectivity index (χ1v) is 21.9. The number of benzene rings is 10. The summed E-state index contributed by atoms with van der Waals surface area (Å²) in [5.74, 6) is 0. The lowest BCUT2D eigenvalue weighted by Gasteiger charge is -2.32. The average molecular weight is 792 g/mol. The number of hydrogen-bond donors (Lipinski definition) is 0. The van der Waals surface area contributed by atoms with Gasteiger partial charge in [0, 0.05) is 26.7 Å². The summed E-state index contributed by atoms with van der Waals surface area (Å²) >= 11 is 1.89. The Morgan fingerprint density at radius 3 is 1.69 bits per heavy atom. The predicted octanol–water partition coefficient (Wildman–Crippen LogP) is 16.4. The highest BCUT2D eigenvalue weighted by Crippen LogP contribution is 2.65. The van der Waals surface area contributed by atoms with Crippen molar-refractivity contribution in [3.8, 4) is 44.5 Å². The van der Waals surface area contributed by atoms with Crippen LogP contribution in [0.5, 0.6) is 0 Å². The molecule has 0 fully saturated rings. The van der Waals surface area contributed by atoms with E-state index in [-0.39, 0.29) is 0 Å². The third kappa shape index (κ3) is 4.88. The van der Waals surface area contributed by atoms with Crippen LogP contribution in [0.4, 0.5) is 17.1 Å². The zero-order chi connectivity index (χ0) is 40.1. The summed E-state index contributed by atoms with van der Waals surface area (Å²) < 4.78 is 2.56. The molecular formula is C59H37NS. The first kappa shape index (κ1) is 34.4. The van der Waals surface area contributed by atoms with Crippen LogP contribution in [0.25, 0.3) is 75.5 Å². The lowest BCUT2D eigenvalue weighted by atomic mass is 9.70. The van der Waals surface area contributed by atoms with Gasteiger partial charge in [-0.1, -0.05) is 188 Å². The van der Waals surface area contributed by atoms with Crippen LogP contribution in [0.15, 0.2) is 224 Å². The SMILES string of the molecule is c1ccc(-c2ccc3sc4c(N(c5ccc(-c6cccc7ccccc67)cc5)c5cccc6c5-c5ccccc5C65c6ccccc6-c6ccccc65)cccc4c3c2)cc1. The van der Waals surface area contributed by atoms with Gasteiger partial charge in [0.15, 0.2) is 0 Å². The average Bonchev–Trinajstić information content (AvgIpc) is 3.97. The van der Waals surface area contributed by atoms with Crippen LogP contribution in [0.1, 0.15) is 22.3 Å². The second kappa shape index (κ2) is 13.2. The topological polar surface area (TPSA) is 3.24 Å². The molecule has 0 bridgehead atoms. The normalized spacial score (nSPS) is 13.0. The van der Waals surface area contributed by atoms with E-state index in [2.05, 4.69) is 229 Å². The summed E-state index contributed by atoms with van der Waals surface area (Å²) in [5, 5.41) is 5.08. The molecule has 0 saturated carbocycles. The maximum atomic E-state index is 2.55. The van der Waals surface area contributed by atoms with Gasteiger partial charge in [0.1, 0.15) is 0 Å². The van der Waals surface area contributed by atoms with Gasteiger partial charge in [0.05, 0.1) is 21.5 Å². The monoisotopic (exact) mass is 791 g/mol. The molecule has 0 saturated heterocycles. The number of nitrogens with zero attached hydrogens (tertiary/aromatic N) is 1. The first-order chi connectivity index (χ1) is 30.3. The van der Waals surface area contributed by atoms with Crippen molar-refractivity contribution in [1.82, 2.24) is 0 Å². The Kier molecular flexibility index (Phi) is 7.46. The van der Waals surface area contributed by atoms with Crippen molar-refractivity contribution in [2.75, 3.05) is 4.90 Å². The summed E-state index contributed by atoms with van der Waals surface area (Å²) in [4.78, 5) is 2.55. The molecule has 10 aromatic carbocycles. The zero-order valence-electron chi connectivity index (χ0n) is 33.2. The molecule has 2 aliphatic carbocycles. The lowest BCUT2D eigenvalue weighted by Crippen LogP contribution is -2.26. The van der Waals surface area contributed by atoms with E-state index in [1.54, 1.807) is 0 Å². The van der Waals surface area contributed by atoms with E-state index in [9.17, 15) is 0 Å². The second-order valence-corrected chi connectivity index (χ2v) is 17.4. The van der Waals surface area contributed by atoms with Gasteiger partial charge in [0.25, 0.3) is 0 Å². The molecular weight excluding hydrogens is 755 g/mol. The maximum Gasteiger partial charge on any atom is 0.0726 e. The quantitative estimate of drug-likeness (QED) is 0.168. The van der Waals surface area contributed by atoms with Crippen LogP contribution in [0.2, 0.25) is 0 Å². The Labute approximate surface area is 359 Å². The third-order valence-electron chi connectivity index (χ3n) is 13.3. The summed E-state index contributed by atoms with van der Waals surface area (Å²) in [7, 11) is 0. The Hall–Kier alpha value is -7.52. The third-order valence-corrected chi connectivity index (χ3v) is 14.5. The van der Waals surface area contributed by atoms with Gasteiger partial charge >= 0.3 is 0 Å². The highest BCUT2D eigenvalue weighted by Gasteiger charge is 2.52. The molecule has 0 radical (unpaired) electrons. The molecule has 2 heteroatoms. The van der Waals surface area contributed by atoms with Gasteiger partial charge in [0.2, 0.25) is 0 Å². The van der Waals surface area contributed by atoms with E-state index in [0.29, 0.717) is 0 Å². The molecule has 0 aliphatic heterocycles.